The molecule has 2 fully saturated rings. The highest BCUT2D eigenvalue weighted by molar-refractivity contribution is 6.25. The van der Waals surface area contributed by atoms with Crippen molar-refractivity contribution in [3.63, 3.8) is 0 Å². The number of fused-ring (bicyclic) bond motifs is 1. The van der Waals surface area contributed by atoms with Crippen LogP contribution in [0.25, 0.3) is 0 Å². The van der Waals surface area contributed by atoms with Crippen LogP contribution < -0.4 is 16.0 Å². The second-order valence-electron chi connectivity index (χ2n) is 7.67. The van der Waals surface area contributed by atoms with Crippen LogP contribution in [-0.2, 0) is 14.4 Å². The maximum atomic E-state index is 13.0. The molecule has 0 bridgehead atoms. The van der Waals surface area contributed by atoms with E-state index in [0.717, 1.165) is 18.0 Å². The van der Waals surface area contributed by atoms with Crippen molar-refractivity contribution in [2.24, 2.45) is 0 Å². The third-order valence-electron chi connectivity index (χ3n) is 5.72. The summed E-state index contributed by atoms with van der Waals surface area (Å²) in [5.74, 6) is -2.35. The molecule has 2 atom stereocenters. The van der Waals surface area contributed by atoms with Crippen LogP contribution >= 0.6 is 0 Å². The fourth-order valence-corrected chi connectivity index (χ4v) is 4.15. The zero-order valence-corrected chi connectivity index (χ0v) is 16.6. The van der Waals surface area contributed by atoms with Crippen LogP contribution in [0.2, 0.25) is 0 Å². The van der Waals surface area contributed by atoms with Gasteiger partial charge in [-0.25, -0.2) is 0 Å². The smallest absolute Gasteiger partial charge is 0.264 e. The number of piperazine rings is 1. The van der Waals surface area contributed by atoms with E-state index in [2.05, 4.69) is 16.0 Å². The van der Waals surface area contributed by atoms with Crippen LogP contribution in [0.1, 0.15) is 40.5 Å². The molecule has 3 heterocycles. The van der Waals surface area contributed by atoms with Crippen molar-refractivity contribution in [1.82, 2.24) is 20.4 Å². The molecular formula is C20H23N5O5. The summed E-state index contributed by atoms with van der Waals surface area (Å²) in [6.45, 7) is 4.01. The molecule has 3 N–H and O–H groups in total. The third-order valence-corrected chi connectivity index (χ3v) is 5.72. The summed E-state index contributed by atoms with van der Waals surface area (Å²) in [5.41, 5.74) is 0.697. The topological polar surface area (TPSA) is 128 Å². The predicted octanol–water partition coefficient (Wildman–Crippen LogP) is -0.680. The first-order valence-electron chi connectivity index (χ1n) is 9.97. The summed E-state index contributed by atoms with van der Waals surface area (Å²) in [4.78, 5) is 64.8. The van der Waals surface area contributed by atoms with Gasteiger partial charge in [0.1, 0.15) is 6.04 Å². The molecule has 0 aliphatic carbocycles. The first-order valence-corrected chi connectivity index (χ1v) is 9.97. The molecule has 0 spiro atoms. The molecule has 0 saturated carbocycles. The lowest BCUT2D eigenvalue weighted by molar-refractivity contribution is -0.136. The van der Waals surface area contributed by atoms with E-state index in [4.69, 9.17) is 0 Å². The van der Waals surface area contributed by atoms with Gasteiger partial charge in [0.15, 0.2) is 0 Å². The molecule has 0 radical (unpaired) electrons. The zero-order valence-electron chi connectivity index (χ0n) is 16.6. The van der Waals surface area contributed by atoms with E-state index in [0.29, 0.717) is 12.2 Å². The van der Waals surface area contributed by atoms with Gasteiger partial charge in [0.2, 0.25) is 17.7 Å². The fraction of sp³-hybridized carbons (Fsp3) is 0.450. The van der Waals surface area contributed by atoms with Crippen LogP contribution in [0, 0.1) is 0 Å². The molecule has 4 rings (SSSR count). The largest absolute Gasteiger partial charge is 0.375 e. The van der Waals surface area contributed by atoms with Gasteiger partial charge in [-0.05, 0) is 25.5 Å². The Morgan fingerprint density at radius 1 is 1.20 bits per heavy atom. The molecule has 1 aromatic rings. The van der Waals surface area contributed by atoms with Crippen LogP contribution in [-0.4, -0.2) is 77.6 Å². The summed E-state index contributed by atoms with van der Waals surface area (Å²) in [5, 5.41) is 8.39. The van der Waals surface area contributed by atoms with Gasteiger partial charge in [0.25, 0.3) is 11.8 Å². The van der Waals surface area contributed by atoms with Crippen molar-refractivity contribution < 1.29 is 24.0 Å². The zero-order chi connectivity index (χ0) is 21.4. The molecule has 0 aromatic heterocycles. The molecule has 10 nitrogen and oxygen atoms in total. The van der Waals surface area contributed by atoms with Crippen molar-refractivity contribution in [3.8, 4) is 0 Å². The minimum absolute atomic E-state index is 0.0132. The summed E-state index contributed by atoms with van der Waals surface area (Å²) in [6.07, 6.45) is 0.157. The van der Waals surface area contributed by atoms with Crippen LogP contribution in [0.4, 0.5) is 5.69 Å². The molecule has 158 valence electrons. The number of nitrogens with zero attached hydrogens (tertiary/aromatic N) is 2. The summed E-state index contributed by atoms with van der Waals surface area (Å²) in [7, 11) is 0. The predicted molar refractivity (Wildman–Crippen MR) is 106 cm³/mol. The van der Waals surface area contributed by atoms with Gasteiger partial charge >= 0.3 is 0 Å². The van der Waals surface area contributed by atoms with E-state index in [9.17, 15) is 24.0 Å². The molecule has 1 aromatic carbocycles. The minimum Gasteiger partial charge on any atom is -0.375 e. The van der Waals surface area contributed by atoms with Gasteiger partial charge < -0.3 is 15.5 Å². The Labute approximate surface area is 172 Å². The van der Waals surface area contributed by atoms with Crippen LogP contribution in [0.3, 0.4) is 0 Å². The Morgan fingerprint density at radius 2 is 2.00 bits per heavy atom. The van der Waals surface area contributed by atoms with E-state index >= 15 is 0 Å². The number of anilines is 1. The van der Waals surface area contributed by atoms with Crippen molar-refractivity contribution in [2.45, 2.75) is 31.8 Å². The molecule has 2 saturated heterocycles. The Morgan fingerprint density at radius 3 is 2.73 bits per heavy atom. The summed E-state index contributed by atoms with van der Waals surface area (Å²) >= 11 is 0. The van der Waals surface area contributed by atoms with Gasteiger partial charge in [0, 0.05) is 37.8 Å². The number of hydrogen-bond donors (Lipinski definition) is 3. The molecule has 1 unspecified atom stereocenters. The van der Waals surface area contributed by atoms with Gasteiger partial charge in [-0.3, -0.25) is 34.2 Å². The van der Waals surface area contributed by atoms with E-state index in [-0.39, 0.29) is 42.5 Å². The number of hydrogen-bond acceptors (Lipinski definition) is 7. The van der Waals surface area contributed by atoms with Crippen molar-refractivity contribution in [1.29, 1.82) is 0 Å². The third kappa shape index (κ3) is 3.43. The molecule has 30 heavy (non-hydrogen) atoms. The second-order valence-corrected chi connectivity index (χ2v) is 7.67. The highest BCUT2D eigenvalue weighted by atomic mass is 16.2. The Bertz CT molecular complexity index is 946. The molecule has 3 aliphatic heterocycles. The second kappa shape index (κ2) is 7.86. The van der Waals surface area contributed by atoms with Crippen LogP contribution in [0.15, 0.2) is 18.2 Å². The SMILES string of the molecule is C[C@@H]1CNCCN1C(=O)CNc1cccc2c1C(=O)N(C1CCC(=O)NC1=O)C2=O. The quantitative estimate of drug-likeness (QED) is 0.558. The molecule has 3 aliphatic rings. The number of piperidine rings is 1. The number of carbonyl (C=O) groups is 5. The monoisotopic (exact) mass is 413 g/mol. The van der Waals surface area contributed by atoms with E-state index < -0.39 is 29.7 Å². The fourth-order valence-electron chi connectivity index (χ4n) is 4.15. The van der Waals surface area contributed by atoms with Crippen molar-refractivity contribution in [2.75, 3.05) is 31.5 Å². The van der Waals surface area contributed by atoms with Gasteiger partial charge in [-0.2, -0.15) is 0 Å². The lowest BCUT2D eigenvalue weighted by atomic mass is 10.0. The maximum absolute atomic E-state index is 13.0. The first-order chi connectivity index (χ1) is 14.4. The Balaban J connectivity index is 1.52. The van der Waals surface area contributed by atoms with Gasteiger partial charge in [-0.1, -0.05) is 6.07 Å². The lowest BCUT2D eigenvalue weighted by Gasteiger charge is -2.34. The molecule has 10 heteroatoms. The maximum Gasteiger partial charge on any atom is 0.264 e. The number of benzene rings is 1. The average Bonchev–Trinajstić information content (AvgIpc) is 2.98. The molecular weight excluding hydrogens is 390 g/mol. The Kier molecular flexibility index (Phi) is 5.25. The number of imide groups is 2. The highest BCUT2D eigenvalue weighted by Gasteiger charge is 2.45. The van der Waals surface area contributed by atoms with Gasteiger partial charge in [-0.15, -0.1) is 0 Å². The summed E-state index contributed by atoms with van der Waals surface area (Å²) in [6, 6.07) is 3.82. The van der Waals surface area contributed by atoms with Crippen molar-refractivity contribution in [3.05, 3.63) is 29.3 Å². The summed E-state index contributed by atoms with van der Waals surface area (Å²) < 4.78 is 0. The van der Waals surface area contributed by atoms with E-state index in [1.807, 2.05) is 6.92 Å². The number of nitrogens with one attached hydrogen (secondary N) is 3. The minimum atomic E-state index is -1.02. The van der Waals surface area contributed by atoms with E-state index in [1.54, 1.807) is 17.0 Å². The average molecular weight is 413 g/mol. The van der Waals surface area contributed by atoms with Crippen LogP contribution in [0.5, 0.6) is 0 Å². The highest BCUT2D eigenvalue weighted by Crippen LogP contribution is 2.32. The molecule has 5 amide bonds. The lowest BCUT2D eigenvalue weighted by Crippen LogP contribution is -2.54. The standard InChI is InChI=1S/C20H23N5O5/c1-11-9-21-7-8-24(11)16(27)10-22-13-4-2-3-12-17(13)20(30)25(19(12)29)14-5-6-15(26)23-18(14)28/h2-4,11,14,21-22H,5-10H2,1H3,(H,23,26,28)/t11-,14?/m1/s1. The normalized spacial score (nSPS) is 24.0. The first kappa shape index (κ1) is 20.0. The Hall–Kier alpha value is -3.27. The number of carbonyl (C=O) groups excluding carboxylic acids is 5. The van der Waals surface area contributed by atoms with E-state index in [1.165, 1.54) is 6.07 Å². The van der Waals surface area contributed by atoms with Gasteiger partial charge in [0.05, 0.1) is 17.7 Å². The van der Waals surface area contributed by atoms with Crippen molar-refractivity contribution >= 4 is 35.2 Å². The number of amides is 5. The number of rotatable bonds is 4.